The summed E-state index contributed by atoms with van der Waals surface area (Å²) in [5, 5.41) is 9.19. The van der Waals surface area contributed by atoms with E-state index in [0.29, 0.717) is 5.92 Å². The van der Waals surface area contributed by atoms with E-state index in [1.54, 1.807) is 0 Å². The summed E-state index contributed by atoms with van der Waals surface area (Å²) in [7, 11) is 0. The van der Waals surface area contributed by atoms with Crippen LogP contribution in [-0.4, -0.2) is 11.7 Å². The van der Waals surface area contributed by atoms with E-state index in [0.717, 1.165) is 0 Å². The summed E-state index contributed by atoms with van der Waals surface area (Å²) in [5.74, 6) is 0.770. The van der Waals surface area contributed by atoms with Crippen molar-refractivity contribution in [2.75, 3.05) is 6.61 Å². The molecule has 0 saturated carbocycles. The summed E-state index contributed by atoms with van der Waals surface area (Å²) in [6.07, 6.45) is 0. The molecule has 0 aromatic heterocycles. The van der Waals surface area contributed by atoms with Crippen molar-refractivity contribution in [1.29, 1.82) is 0 Å². The van der Waals surface area contributed by atoms with Gasteiger partial charge in [0.05, 0.1) is 0 Å². The topological polar surface area (TPSA) is 20.2 Å². The van der Waals surface area contributed by atoms with E-state index in [4.69, 9.17) is 0 Å². The minimum atomic E-state index is 0.225. The fraction of sp³-hybridized carbons (Fsp3) is 0.538. The van der Waals surface area contributed by atoms with Crippen molar-refractivity contribution >= 4 is 0 Å². The molecule has 1 N–H and O–H groups in total. The second-order valence-electron chi connectivity index (χ2n) is 4.37. The van der Waals surface area contributed by atoms with Gasteiger partial charge in [0.25, 0.3) is 0 Å². The van der Waals surface area contributed by atoms with Gasteiger partial charge in [-0.15, -0.1) is 0 Å². The molecule has 1 unspecified atom stereocenters. The van der Waals surface area contributed by atoms with Crippen molar-refractivity contribution < 1.29 is 5.11 Å². The van der Waals surface area contributed by atoms with Gasteiger partial charge in [0.15, 0.2) is 0 Å². The molecule has 0 aliphatic rings. The molecular weight excluding hydrogens is 172 g/mol. The molecule has 0 aliphatic carbocycles. The van der Waals surface area contributed by atoms with Crippen LogP contribution in [0.4, 0.5) is 0 Å². The second kappa shape index (κ2) is 4.61. The number of benzene rings is 1. The molecule has 14 heavy (non-hydrogen) atoms. The molecule has 1 atom stereocenters. The second-order valence-corrected chi connectivity index (χ2v) is 4.37. The Morgan fingerprint density at radius 3 is 2.29 bits per heavy atom. The average molecular weight is 192 g/mol. The van der Waals surface area contributed by atoms with Crippen molar-refractivity contribution in [3.8, 4) is 0 Å². The molecule has 1 aromatic carbocycles. The van der Waals surface area contributed by atoms with Gasteiger partial charge < -0.3 is 5.11 Å². The predicted molar refractivity (Wildman–Crippen MR) is 60.8 cm³/mol. The van der Waals surface area contributed by atoms with Crippen LogP contribution >= 0.6 is 0 Å². The lowest BCUT2D eigenvalue weighted by Gasteiger charge is -2.17. The maximum atomic E-state index is 9.19. The minimum absolute atomic E-state index is 0.225. The van der Waals surface area contributed by atoms with Crippen LogP contribution in [0.25, 0.3) is 0 Å². The standard InChI is InChI=1S/C13H20O/c1-9(2)12-6-5-10(3)7-13(12)11(4)8-14/h5-7,9,11,14H,8H2,1-4H3. The van der Waals surface area contributed by atoms with E-state index in [9.17, 15) is 5.11 Å². The number of aliphatic hydroxyl groups excluding tert-OH is 1. The minimum Gasteiger partial charge on any atom is -0.396 e. The normalized spacial score (nSPS) is 13.3. The maximum Gasteiger partial charge on any atom is 0.0497 e. The molecule has 0 saturated heterocycles. The fourth-order valence-electron chi connectivity index (χ4n) is 1.75. The first kappa shape index (κ1) is 11.3. The molecule has 0 fully saturated rings. The van der Waals surface area contributed by atoms with E-state index in [2.05, 4.69) is 45.9 Å². The number of hydrogen-bond donors (Lipinski definition) is 1. The highest BCUT2D eigenvalue weighted by atomic mass is 16.3. The van der Waals surface area contributed by atoms with Gasteiger partial charge in [0.2, 0.25) is 0 Å². The molecule has 1 heteroatoms. The third-order valence-corrected chi connectivity index (χ3v) is 2.67. The van der Waals surface area contributed by atoms with Gasteiger partial charge in [0, 0.05) is 12.5 Å². The Kier molecular flexibility index (Phi) is 3.70. The Balaban J connectivity index is 3.15. The maximum absolute atomic E-state index is 9.19. The van der Waals surface area contributed by atoms with Crippen LogP contribution in [-0.2, 0) is 0 Å². The van der Waals surface area contributed by atoms with Crippen molar-refractivity contribution in [3.63, 3.8) is 0 Å². The first-order valence-corrected chi connectivity index (χ1v) is 5.27. The quantitative estimate of drug-likeness (QED) is 0.779. The molecule has 0 heterocycles. The Morgan fingerprint density at radius 1 is 1.14 bits per heavy atom. The van der Waals surface area contributed by atoms with Crippen LogP contribution in [0.15, 0.2) is 18.2 Å². The van der Waals surface area contributed by atoms with Gasteiger partial charge in [-0.25, -0.2) is 0 Å². The van der Waals surface area contributed by atoms with Crippen molar-refractivity contribution in [2.24, 2.45) is 0 Å². The Bertz CT molecular complexity index is 302. The number of rotatable bonds is 3. The lowest BCUT2D eigenvalue weighted by Crippen LogP contribution is -2.05. The molecule has 1 nitrogen and oxygen atoms in total. The third-order valence-electron chi connectivity index (χ3n) is 2.67. The number of hydrogen-bond acceptors (Lipinski definition) is 1. The van der Waals surface area contributed by atoms with Crippen molar-refractivity contribution in [2.45, 2.75) is 39.5 Å². The highest BCUT2D eigenvalue weighted by Gasteiger charge is 2.11. The molecule has 0 aliphatic heterocycles. The van der Waals surface area contributed by atoms with Gasteiger partial charge in [0.1, 0.15) is 0 Å². The summed E-state index contributed by atoms with van der Waals surface area (Å²) in [5.41, 5.74) is 3.92. The molecule has 0 spiro atoms. The van der Waals surface area contributed by atoms with Crippen LogP contribution < -0.4 is 0 Å². The average Bonchev–Trinajstić information content (AvgIpc) is 2.16. The van der Waals surface area contributed by atoms with Crippen LogP contribution in [0, 0.1) is 6.92 Å². The molecule has 1 aromatic rings. The zero-order chi connectivity index (χ0) is 10.7. The van der Waals surface area contributed by atoms with Gasteiger partial charge in [-0.3, -0.25) is 0 Å². The molecular formula is C13H20O. The van der Waals surface area contributed by atoms with Crippen molar-refractivity contribution in [1.82, 2.24) is 0 Å². The summed E-state index contributed by atoms with van der Waals surface area (Å²) in [4.78, 5) is 0. The molecule has 0 bridgehead atoms. The lowest BCUT2D eigenvalue weighted by molar-refractivity contribution is 0.272. The zero-order valence-electron chi connectivity index (χ0n) is 9.54. The summed E-state index contributed by atoms with van der Waals surface area (Å²) < 4.78 is 0. The first-order chi connectivity index (χ1) is 6.56. The Morgan fingerprint density at radius 2 is 1.79 bits per heavy atom. The number of aliphatic hydroxyl groups is 1. The van der Waals surface area contributed by atoms with Gasteiger partial charge >= 0.3 is 0 Å². The zero-order valence-corrected chi connectivity index (χ0v) is 9.54. The summed E-state index contributed by atoms with van der Waals surface area (Å²) >= 11 is 0. The van der Waals surface area contributed by atoms with Gasteiger partial charge in [-0.05, 0) is 24.0 Å². The first-order valence-electron chi connectivity index (χ1n) is 5.27. The predicted octanol–water partition coefficient (Wildman–Crippen LogP) is 3.21. The van der Waals surface area contributed by atoms with Crippen molar-refractivity contribution in [3.05, 3.63) is 34.9 Å². The highest BCUT2D eigenvalue weighted by molar-refractivity contribution is 5.36. The van der Waals surface area contributed by atoms with Crippen LogP contribution in [0.5, 0.6) is 0 Å². The van der Waals surface area contributed by atoms with Crippen LogP contribution in [0.1, 0.15) is 49.3 Å². The van der Waals surface area contributed by atoms with Gasteiger partial charge in [-0.1, -0.05) is 44.5 Å². The molecule has 78 valence electrons. The monoisotopic (exact) mass is 192 g/mol. The molecule has 0 amide bonds. The third kappa shape index (κ3) is 2.36. The summed E-state index contributed by atoms with van der Waals surface area (Å²) in [6.45, 7) is 8.78. The highest BCUT2D eigenvalue weighted by Crippen LogP contribution is 2.26. The Labute approximate surface area is 86.8 Å². The molecule has 1 rings (SSSR count). The largest absolute Gasteiger partial charge is 0.396 e. The van der Waals surface area contributed by atoms with E-state index in [1.165, 1.54) is 16.7 Å². The van der Waals surface area contributed by atoms with Crippen LogP contribution in [0.3, 0.4) is 0 Å². The van der Waals surface area contributed by atoms with Crippen LogP contribution in [0.2, 0.25) is 0 Å². The molecule has 0 radical (unpaired) electrons. The Hall–Kier alpha value is -0.820. The SMILES string of the molecule is Cc1ccc(C(C)C)c(C(C)CO)c1. The smallest absolute Gasteiger partial charge is 0.0497 e. The van der Waals surface area contributed by atoms with Gasteiger partial charge in [-0.2, -0.15) is 0 Å². The van der Waals surface area contributed by atoms with E-state index >= 15 is 0 Å². The van der Waals surface area contributed by atoms with E-state index < -0.39 is 0 Å². The van der Waals surface area contributed by atoms with E-state index in [1.807, 2.05) is 0 Å². The lowest BCUT2D eigenvalue weighted by atomic mass is 9.89. The fourth-order valence-corrected chi connectivity index (χ4v) is 1.75. The summed E-state index contributed by atoms with van der Waals surface area (Å²) in [6, 6.07) is 6.51. The number of aryl methyl sites for hydroxylation is 1. The van der Waals surface area contributed by atoms with E-state index in [-0.39, 0.29) is 12.5 Å².